The van der Waals surface area contributed by atoms with Crippen LogP contribution in [0.5, 0.6) is 0 Å². The number of nitrogens with one attached hydrogen (secondary N) is 1. The first-order valence-electron chi connectivity index (χ1n) is 5.03. The van der Waals surface area contributed by atoms with Gasteiger partial charge < -0.3 is 0 Å². The number of imide groups is 1. The molecule has 0 radical (unpaired) electrons. The quantitative estimate of drug-likeness (QED) is 0.816. The van der Waals surface area contributed by atoms with Crippen molar-refractivity contribution in [2.45, 2.75) is 12.8 Å². The van der Waals surface area contributed by atoms with E-state index in [0.29, 0.717) is 4.91 Å². The van der Waals surface area contributed by atoms with Gasteiger partial charge in [0.1, 0.15) is 0 Å². The molecule has 2 amide bonds. The Kier molecular flexibility index (Phi) is 3.41. The molecule has 4 heteroatoms. The molecule has 0 bridgehead atoms. The Morgan fingerprint density at radius 2 is 1.94 bits per heavy atom. The summed E-state index contributed by atoms with van der Waals surface area (Å²) < 4.78 is 0. The maximum absolute atomic E-state index is 11.2. The van der Waals surface area contributed by atoms with Crippen molar-refractivity contribution in [3.05, 3.63) is 46.9 Å². The molecular formula is C12H11NO2S. The number of allylic oxidation sites excluding steroid dienone is 1. The van der Waals surface area contributed by atoms with Gasteiger partial charge in [0, 0.05) is 0 Å². The minimum atomic E-state index is -0.282. The topological polar surface area (TPSA) is 46.2 Å². The molecule has 0 unspecified atom stereocenters. The van der Waals surface area contributed by atoms with E-state index in [9.17, 15) is 9.59 Å². The number of carbonyl (C=O) groups excluding carboxylic acids is 2. The van der Waals surface area contributed by atoms with Crippen LogP contribution in [0.25, 0.3) is 0 Å². The summed E-state index contributed by atoms with van der Waals surface area (Å²) in [7, 11) is 0. The predicted octanol–water partition coefficient (Wildman–Crippen LogP) is 2.49. The van der Waals surface area contributed by atoms with Gasteiger partial charge in [0.25, 0.3) is 11.1 Å². The second-order valence-electron chi connectivity index (χ2n) is 3.44. The predicted molar refractivity (Wildman–Crippen MR) is 64.0 cm³/mol. The molecule has 16 heavy (non-hydrogen) atoms. The SMILES string of the molecule is O=C1NC(=O)/C(=C/CCc2ccccc2)S1. The molecule has 2 rings (SSSR count). The summed E-state index contributed by atoms with van der Waals surface area (Å²) in [5, 5.41) is 1.95. The van der Waals surface area contributed by atoms with E-state index in [4.69, 9.17) is 0 Å². The van der Waals surface area contributed by atoms with Crippen LogP contribution < -0.4 is 5.32 Å². The average molecular weight is 233 g/mol. The number of benzene rings is 1. The molecule has 3 nitrogen and oxygen atoms in total. The Morgan fingerprint density at radius 3 is 2.56 bits per heavy atom. The summed E-state index contributed by atoms with van der Waals surface area (Å²) in [6, 6.07) is 10.0. The molecule has 0 aliphatic carbocycles. The first-order valence-corrected chi connectivity index (χ1v) is 5.84. The van der Waals surface area contributed by atoms with Crippen molar-refractivity contribution in [1.82, 2.24) is 5.32 Å². The second kappa shape index (κ2) is 4.99. The van der Waals surface area contributed by atoms with Crippen LogP contribution >= 0.6 is 11.8 Å². The van der Waals surface area contributed by atoms with E-state index >= 15 is 0 Å². The van der Waals surface area contributed by atoms with E-state index in [-0.39, 0.29) is 11.1 Å². The van der Waals surface area contributed by atoms with Gasteiger partial charge in [0.2, 0.25) is 0 Å². The van der Waals surface area contributed by atoms with Crippen molar-refractivity contribution in [3.8, 4) is 0 Å². The Labute approximate surface area is 97.9 Å². The fourth-order valence-corrected chi connectivity index (χ4v) is 2.16. The maximum Gasteiger partial charge on any atom is 0.290 e. The van der Waals surface area contributed by atoms with E-state index in [1.54, 1.807) is 0 Å². The molecule has 1 fully saturated rings. The summed E-state index contributed by atoms with van der Waals surface area (Å²) >= 11 is 0.970. The lowest BCUT2D eigenvalue weighted by Gasteiger charge is -1.97. The third-order valence-corrected chi connectivity index (χ3v) is 3.11. The van der Waals surface area contributed by atoms with E-state index in [1.807, 2.05) is 36.4 Å². The van der Waals surface area contributed by atoms with E-state index in [2.05, 4.69) is 5.32 Å². The fourth-order valence-electron chi connectivity index (χ4n) is 1.48. The van der Waals surface area contributed by atoms with E-state index in [0.717, 1.165) is 24.6 Å². The first kappa shape index (κ1) is 11.0. The van der Waals surface area contributed by atoms with Gasteiger partial charge >= 0.3 is 0 Å². The normalized spacial score (nSPS) is 17.9. The van der Waals surface area contributed by atoms with E-state index < -0.39 is 0 Å². The number of rotatable bonds is 3. The second-order valence-corrected chi connectivity index (χ2v) is 4.45. The molecule has 1 aromatic carbocycles. The summed E-state index contributed by atoms with van der Waals surface area (Å²) in [6.07, 6.45) is 3.47. The number of hydrogen-bond acceptors (Lipinski definition) is 3. The minimum absolute atomic E-state index is 0.275. The Bertz CT molecular complexity index is 440. The molecule has 1 saturated heterocycles. The van der Waals surface area contributed by atoms with Crippen molar-refractivity contribution in [2.24, 2.45) is 0 Å². The highest BCUT2D eigenvalue weighted by atomic mass is 32.2. The monoisotopic (exact) mass is 233 g/mol. The lowest BCUT2D eigenvalue weighted by atomic mass is 10.1. The maximum atomic E-state index is 11.2. The fraction of sp³-hybridized carbons (Fsp3) is 0.167. The van der Waals surface area contributed by atoms with Crippen LogP contribution in [-0.4, -0.2) is 11.1 Å². The zero-order valence-corrected chi connectivity index (χ0v) is 9.42. The Morgan fingerprint density at radius 1 is 1.19 bits per heavy atom. The van der Waals surface area contributed by atoms with Crippen LogP contribution in [-0.2, 0) is 11.2 Å². The number of hydrogen-bond donors (Lipinski definition) is 1. The molecular weight excluding hydrogens is 222 g/mol. The van der Waals surface area contributed by atoms with Crippen LogP contribution in [0.4, 0.5) is 4.79 Å². The average Bonchev–Trinajstić information content (AvgIpc) is 2.59. The highest BCUT2D eigenvalue weighted by molar-refractivity contribution is 8.18. The van der Waals surface area contributed by atoms with Crippen LogP contribution in [0, 0.1) is 0 Å². The summed E-state index contributed by atoms with van der Waals surface area (Å²) in [6.45, 7) is 0. The molecule has 1 aliphatic heterocycles. The molecule has 1 heterocycles. The molecule has 0 saturated carbocycles. The molecule has 0 atom stereocenters. The standard InChI is InChI=1S/C12H11NO2S/c14-11-10(16-12(15)13-11)8-4-7-9-5-2-1-3-6-9/h1-3,5-6,8H,4,7H2,(H,13,14,15)/b10-8-. The number of aryl methyl sites for hydroxylation is 1. The lowest BCUT2D eigenvalue weighted by molar-refractivity contribution is -0.115. The molecule has 1 N–H and O–H groups in total. The number of amides is 2. The summed E-state index contributed by atoms with van der Waals surface area (Å²) in [5.41, 5.74) is 1.23. The van der Waals surface area contributed by atoms with Gasteiger partial charge in [-0.3, -0.25) is 14.9 Å². The molecule has 0 aromatic heterocycles. The zero-order valence-electron chi connectivity index (χ0n) is 8.60. The molecule has 0 spiro atoms. The summed E-state index contributed by atoms with van der Waals surface area (Å²) in [4.78, 5) is 22.6. The van der Waals surface area contributed by atoms with Crippen LogP contribution in [0.3, 0.4) is 0 Å². The van der Waals surface area contributed by atoms with Crippen molar-refractivity contribution >= 4 is 22.9 Å². The van der Waals surface area contributed by atoms with Gasteiger partial charge in [-0.2, -0.15) is 0 Å². The van der Waals surface area contributed by atoms with Crippen molar-refractivity contribution in [1.29, 1.82) is 0 Å². The smallest absolute Gasteiger partial charge is 0.282 e. The Hall–Kier alpha value is -1.55. The molecule has 1 aliphatic rings. The lowest BCUT2D eigenvalue weighted by Crippen LogP contribution is -2.17. The molecule has 82 valence electrons. The minimum Gasteiger partial charge on any atom is -0.282 e. The van der Waals surface area contributed by atoms with Gasteiger partial charge in [0.05, 0.1) is 4.91 Å². The largest absolute Gasteiger partial charge is 0.290 e. The van der Waals surface area contributed by atoms with E-state index in [1.165, 1.54) is 5.56 Å². The van der Waals surface area contributed by atoms with Crippen molar-refractivity contribution in [3.63, 3.8) is 0 Å². The van der Waals surface area contributed by atoms with Crippen molar-refractivity contribution in [2.75, 3.05) is 0 Å². The highest BCUT2D eigenvalue weighted by Gasteiger charge is 2.24. The van der Waals surface area contributed by atoms with Crippen LogP contribution in [0.15, 0.2) is 41.3 Å². The Balaban J connectivity index is 1.90. The van der Waals surface area contributed by atoms with Gasteiger partial charge in [-0.25, -0.2) is 0 Å². The van der Waals surface area contributed by atoms with Crippen LogP contribution in [0.2, 0.25) is 0 Å². The first-order chi connectivity index (χ1) is 7.75. The van der Waals surface area contributed by atoms with Gasteiger partial charge in [0.15, 0.2) is 0 Å². The highest BCUT2D eigenvalue weighted by Crippen LogP contribution is 2.23. The third kappa shape index (κ3) is 2.73. The summed E-state index contributed by atoms with van der Waals surface area (Å²) in [5.74, 6) is -0.275. The van der Waals surface area contributed by atoms with Crippen molar-refractivity contribution < 1.29 is 9.59 Å². The number of carbonyl (C=O) groups is 2. The van der Waals surface area contributed by atoms with Gasteiger partial charge in [-0.1, -0.05) is 36.4 Å². The van der Waals surface area contributed by atoms with Gasteiger partial charge in [-0.15, -0.1) is 0 Å². The van der Waals surface area contributed by atoms with Gasteiger partial charge in [-0.05, 0) is 30.2 Å². The zero-order chi connectivity index (χ0) is 11.4. The van der Waals surface area contributed by atoms with Crippen LogP contribution in [0.1, 0.15) is 12.0 Å². The number of thioether (sulfide) groups is 1. The molecule has 1 aromatic rings. The third-order valence-electron chi connectivity index (χ3n) is 2.25.